The van der Waals surface area contributed by atoms with Crippen molar-refractivity contribution in [2.24, 2.45) is 0 Å². The minimum atomic E-state index is 0.0683. The zero-order valence-corrected chi connectivity index (χ0v) is 6.79. The van der Waals surface area contributed by atoms with E-state index in [0.29, 0.717) is 0 Å². The van der Waals surface area contributed by atoms with Crippen LogP contribution in [0, 0.1) is 0 Å². The molecule has 1 atom stereocenters. The molecule has 1 unspecified atom stereocenters. The van der Waals surface area contributed by atoms with Gasteiger partial charge in [-0.1, -0.05) is 0 Å². The van der Waals surface area contributed by atoms with E-state index in [9.17, 15) is 4.79 Å². The van der Waals surface area contributed by atoms with E-state index >= 15 is 0 Å². The number of amides is 1. The van der Waals surface area contributed by atoms with Crippen molar-refractivity contribution >= 4 is 5.91 Å². The first-order valence-corrected chi connectivity index (χ1v) is 3.58. The van der Waals surface area contributed by atoms with Crippen LogP contribution in [-0.4, -0.2) is 48.9 Å². The summed E-state index contributed by atoms with van der Waals surface area (Å²) in [6.07, 6.45) is 0. The van der Waals surface area contributed by atoms with Gasteiger partial charge >= 0.3 is 0 Å². The Balaban J connectivity index is 2.60. The molecule has 3 nitrogen and oxygen atoms in total. The normalized spacial score (nSPS) is 29.3. The lowest BCUT2D eigenvalue weighted by Crippen LogP contribution is -2.52. The summed E-state index contributed by atoms with van der Waals surface area (Å²) in [6.45, 7) is 3.79. The van der Waals surface area contributed by atoms with Gasteiger partial charge in [-0.05, 0) is 14.0 Å². The molecule has 0 N–H and O–H groups in total. The maximum Gasteiger partial charge on any atom is 0.239 e. The van der Waals surface area contributed by atoms with Crippen LogP contribution in [-0.2, 0) is 4.79 Å². The molecular formula is C7H14N2O. The lowest BCUT2D eigenvalue weighted by atomic mass is 10.2. The maximum absolute atomic E-state index is 11.2. The molecule has 1 rings (SSSR count). The minimum Gasteiger partial charge on any atom is -0.343 e. The maximum atomic E-state index is 11.2. The van der Waals surface area contributed by atoms with Crippen LogP contribution in [0.2, 0.25) is 0 Å². The molecule has 3 heteroatoms. The highest BCUT2D eigenvalue weighted by Crippen LogP contribution is 2.05. The molecule has 0 radical (unpaired) electrons. The third-order valence-corrected chi connectivity index (χ3v) is 2.18. The van der Waals surface area contributed by atoms with Crippen molar-refractivity contribution in [3.05, 3.63) is 0 Å². The third-order valence-electron chi connectivity index (χ3n) is 2.18. The average Bonchev–Trinajstić information content (AvgIpc) is 1.93. The fourth-order valence-corrected chi connectivity index (χ4v) is 1.12. The molecule has 1 amide bonds. The van der Waals surface area contributed by atoms with Crippen molar-refractivity contribution in [1.82, 2.24) is 9.80 Å². The Morgan fingerprint density at radius 1 is 1.40 bits per heavy atom. The van der Waals surface area contributed by atoms with Crippen molar-refractivity contribution < 1.29 is 4.79 Å². The van der Waals surface area contributed by atoms with E-state index in [0.717, 1.165) is 13.1 Å². The number of hydrogen-bond donors (Lipinski definition) is 0. The van der Waals surface area contributed by atoms with Crippen LogP contribution in [0.15, 0.2) is 0 Å². The number of likely N-dealkylation sites (N-methyl/N-ethyl adjacent to an activating group) is 2. The zero-order chi connectivity index (χ0) is 7.72. The Bertz CT molecular complexity index is 147. The van der Waals surface area contributed by atoms with Crippen LogP contribution in [0.25, 0.3) is 0 Å². The molecule has 1 fully saturated rings. The summed E-state index contributed by atoms with van der Waals surface area (Å²) in [7, 11) is 3.83. The molecule has 1 heterocycles. The quantitative estimate of drug-likeness (QED) is 0.467. The van der Waals surface area contributed by atoms with Gasteiger partial charge in [0.15, 0.2) is 0 Å². The molecule has 1 aliphatic heterocycles. The predicted octanol–water partition coefficient (Wildman–Crippen LogP) is -0.221. The summed E-state index contributed by atoms with van der Waals surface area (Å²) in [4.78, 5) is 15.1. The van der Waals surface area contributed by atoms with Gasteiger partial charge in [0.2, 0.25) is 5.91 Å². The number of nitrogens with zero attached hydrogens (tertiary/aromatic N) is 2. The molecule has 0 aromatic heterocycles. The van der Waals surface area contributed by atoms with E-state index in [1.54, 1.807) is 4.90 Å². The second-order valence-corrected chi connectivity index (χ2v) is 2.92. The molecule has 0 saturated carbocycles. The minimum absolute atomic E-state index is 0.0683. The summed E-state index contributed by atoms with van der Waals surface area (Å²) >= 11 is 0. The van der Waals surface area contributed by atoms with E-state index in [-0.39, 0.29) is 11.9 Å². The molecule has 0 aliphatic carbocycles. The third kappa shape index (κ3) is 1.14. The van der Waals surface area contributed by atoms with Crippen molar-refractivity contribution in [2.75, 3.05) is 27.2 Å². The Kier molecular flexibility index (Phi) is 1.94. The van der Waals surface area contributed by atoms with Crippen LogP contribution >= 0.6 is 0 Å². The summed E-state index contributed by atoms with van der Waals surface area (Å²) in [5.41, 5.74) is 0. The van der Waals surface area contributed by atoms with Gasteiger partial charge in [0.25, 0.3) is 0 Å². The molecule has 0 bridgehead atoms. The highest BCUT2D eigenvalue weighted by molar-refractivity contribution is 5.81. The van der Waals surface area contributed by atoms with E-state index < -0.39 is 0 Å². The highest BCUT2D eigenvalue weighted by atomic mass is 16.2. The molecule has 10 heavy (non-hydrogen) atoms. The van der Waals surface area contributed by atoms with Crippen LogP contribution in [0.3, 0.4) is 0 Å². The molecule has 0 aromatic carbocycles. The fourth-order valence-electron chi connectivity index (χ4n) is 1.12. The molecule has 58 valence electrons. The number of hydrogen-bond acceptors (Lipinski definition) is 2. The van der Waals surface area contributed by atoms with Gasteiger partial charge in [-0.3, -0.25) is 9.69 Å². The molecule has 1 saturated heterocycles. The SMILES string of the molecule is CC1C(=O)N(C)CCN1C. The predicted molar refractivity (Wildman–Crippen MR) is 39.7 cm³/mol. The smallest absolute Gasteiger partial charge is 0.239 e. The monoisotopic (exact) mass is 142 g/mol. The number of carbonyl (C=O) groups excluding carboxylic acids is 1. The second-order valence-electron chi connectivity index (χ2n) is 2.92. The van der Waals surface area contributed by atoms with Gasteiger partial charge in [0, 0.05) is 20.1 Å². The van der Waals surface area contributed by atoms with E-state index in [4.69, 9.17) is 0 Å². The largest absolute Gasteiger partial charge is 0.343 e. The van der Waals surface area contributed by atoms with Crippen molar-refractivity contribution in [3.8, 4) is 0 Å². The first kappa shape index (κ1) is 7.54. The summed E-state index contributed by atoms with van der Waals surface area (Å²) < 4.78 is 0. The van der Waals surface area contributed by atoms with Crippen LogP contribution in [0.4, 0.5) is 0 Å². The van der Waals surface area contributed by atoms with Crippen molar-refractivity contribution in [1.29, 1.82) is 0 Å². The molecular weight excluding hydrogens is 128 g/mol. The lowest BCUT2D eigenvalue weighted by Gasteiger charge is -2.34. The second kappa shape index (κ2) is 2.58. The van der Waals surface area contributed by atoms with Crippen LogP contribution in [0.5, 0.6) is 0 Å². The molecule has 0 aromatic rings. The van der Waals surface area contributed by atoms with Gasteiger partial charge in [0.1, 0.15) is 0 Å². The first-order chi connectivity index (χ1) is 4.63. The topological polar surface area (TPSA) is 23.6 Å². The number of rotatable bonds is 0. The zero-order valence-electron chi connectivity index (χ0n) is 6.79. The Hall–Kier alpha value is -0.570. The summed E-state index contributed by atoms with van der Waals surface area (Å²) in [5, 5.41) is 0. The van der Waals surface area contributed by atoms with E-state index in [1.807, 2.05) is 21.0 Å². The van der Waals surface area contributed by atoms with Gasteiger partial charge in [0.05, 0.1) is 6.04 Å². The van der Waals surface area contributed by atoms with Crippen LogP contribution in [0.1, 0.15) is 6.92 Å². The van der Waals surface area contributed by atoms with Gasteiger partial charge in [-0.25, -0.2) is 0 Å². The standard InChI is InChI=1S/C7H14N2O/c1-6-7(10)9(3)5-4-8(6)2/h6H,4-5H2,1-3H3. The van der Waals surface area contributed by atoms with Gasteiger partial charge in [-0.2, -0.15) is 0 Å². The Labute approximate surface area is 61.6 Å². The van der Waals surface area contributed by atoms with Gasteiger partial charge < -0.3 is 4.90 Å². The number of piperazine rings is 1. The first-order valence-electron chi connectivity index (χ1n) is 3.58. The molecule has 0 spiro atoms. The van der Waals surface area contributed by atoms with Gasteiger partial charge in [-0.15, -0.1) is 0 Å². The lowest BCUT2D eigenvalue weighted by molar-refractivity contribution is -0.138. The Morgan fingerprint density at radius 3 is 2.50 bits per heavy atom. The molecule has 1 aliphatic rings. The summed E-state index contributed by atoms with van der Waals surface area (Å²) in [6, 6.07) is 0.0683. The average molecular weight is 142 g/mol. The van der Waals surface area contributed by atoms with Crippen molar-refractivity contribution in [2.45, 2.75) is 13.0 Å². The summed E-state index contributed by atoms with van der Waals surface area (Å²) in [5.74, 6) is 0.230. The fraction of sp³-hybridized carbons (Fsp3) is 0.857. The van der Waals surface area contributed by atoms with E-state index in [1.165, 1.54) is 0 Å². The van der Waals surface area contributed by atoms with E-state index in [2.05, 4.69) is 4.90 Å². The van der Waals surface area contributed by atoms with Crippen LogP contribution < -0.4 is 0 Å². The Morgan fingerprint density at radius 2 is 2.00 bits per heavy atom. The van der Waals surface area contributed by atoms with Crippen molar-refractivity contribution in [3.63, 3.8) is 0 Å². The highest BCUT2D eigenvalue weighted by Gasteiger charge is 2.25. The number of carbonyl (C=O) groups is 1.